The fourth-order valence-electron chi connectivity index (χ4n) is 4.36. The van der Waals surface area contributed by atoms with Gasteiger partial charge in [-0.3, -0.25) is 4.79 Å². The van der Waals surface area contributed by atoms with Crippen LogP contribution < -0.4 is 31.8 Å². The minimum atomic E-state index is -0.446. The topological polar surface area (TPSA) is 17.1 Å². The van der Waals surface area contributed by atoms with Crippen LogP contribution in [0, 0.1) is 0 Å². The maximum Gasteiger partial charge on any atom is 0.208 e. The Kier molecular flexibility index (Phi) is 15.1. The first kappa shape index (κ1) is 33.3. The standard InChI is InChI=1S/2C18H15P.CHClO.Rh/c2*1-4-10-16(11-5-1)19(17-12-6-2-7-13-17)18-14-8-3-9-15-18;2-1-3;/h2*1-15H;1H;. The van der Waals surface area contributed by atoms with Gasteiger partial charge >= 0.3 is 0 Å². The van der Waals surface area contributed by atoms with Gasteiger partial charge in [-0.1, -0.05) is 182 Å². The van der Waals surface area contributed by atoms with E-state index >= 15 is 0 Å². The molecule has 6 aromatic rings. The van der Waals surface area contributed by atoms with Crippen LogP contribution in [0.3, 0.4) is 0 Å². The molecule has 0 aliphatic rings. The average Bonchev–Trinajstić information content (AvgIpc) is 3.05. The maximum absolute atomic E-state index is 8.57. The van der Waals surface area contributed by atoms with Gasteiger partial charge in [0.25, 0.3) is 0 Å². The number of carbonyl (C=O) groups excluding carboxylic acids is 1. The van der Waals surface area contributed by atoms with E-state index in [2.05, 4.69) is 194 Å². The summed E-state index contributed by atoms with van der Waals surface area (Å²) < 4.78 is 0. The van der Waals surface area contributed by atoms with Gasteiger partial charge in [0, 0.05) is 19.5 Å². The normalized spacial score (nSPS) is 9.88. The van der Waals surface area contributed by atoms with Gasteiger partial charge in [0.1, 0.15) is 0 Å². The summed E-state index contributed by atoms with van der Waals surface area (Å²) in [6, 6.07) is 64.7. The minimum absolute atomic E-state index is 0. The van der Waals surface area contributed by atoms with E-state index in [1.807, 2.05) is 0 Å². The Balaban J connectivity index is 0.000000207. The quantitative estimate of drug-likeness (QED) is 0.0776. The summed E-state index contributed by atoms with van der Waals surface area (Å²) in [7, 11) is -0.892. The van der Waals surface area contributed by atoms with Crippen LogP contribution in [0.2, 0.25) is 0 Å². The zero-order chi connectivity index (χ0) is 28.5. The van der Waals surface area contributed by atoms with Gasteiger partial charge in [-0.25, -0.2) is 0 Å². The van der Waals surface area contributed by atoms with E-state index in [9.17, 15) is 0 Å². The van der Waals surface area contributed by atoms with E-state index in [1.165, 1.54) is 31.8 Å². The van der Waals surface area contributed by atoms with Crippen LogP contribution >= 0.6 is 27.4 Å². The van der Waals surface area contributed by atoms with E-state index in [-0.39, 0.29) is 25.2 Å². The Morgan fingerprint density at radius 2 is 0.452 bits per heavy atom. The fourth-order valence-corrected chi connectivity index (χ4v) is 8.97. The van der Waals surface area contributed by atoms with E-state index in [0.717, 1.165) is 0 Å². The van der Waals surface area contributed by atoms with Crippen LogP contribution in [-0.4, -0.2) is 5.75 Å². The molecule has 1 nitrogen and oxygen atoms in total. The van der Waals surface area contributed by atoms with Crippen molar-refractivity contribution in [3.05, 3.63) is 182 Å². The molecule has 5 heteroatoms. The van der Waals surface area contributed by atoms with Crippen LogP contribution in [0.1, 0.15) is 0 Å². The van der Waals surface area contributed by atoms with E-state index in [1.54, 1.807) is 0 Å². The maximum atomic E-state index is 8.57. The first-order valence-corrected chi connectivity index (χ1v) is 16.4. The van der Waals surface area contributed by atoms with Gasteiger partial charge in [0.15, 0.2) is 0 Å². The molecule has 0 unspecified atom stereocenters. The zero-order valence-corrected chi connectivity index (χ0v) is 27.1. The Morgan fingerprint density at radius 1 is 0.333 bits per heavy atom. The largest absolute Gasteiger partial charge is 0.285 e. The van der Waals surface area contributed by atoms with Crippen molar-refractivity contribution in [3.63, 3.8) is 0 Å². The van der Waals surface area contributed by atoms with Crippen LogP contribution in [0.4, 0.5) is 0 Å². The van der Waals surface area contributed by atoms with Gasteiger partial charge in [0.05, 0.1) is 0 Å². The Hall–Kier alpha value is -3.24. The molecule has 0 N–H and O–H groups in total. The van der Waals surface area contributed by atoms with Crippen LogP contribution in [0.15, 0.2) is 182 Å². The molecule has 42 heavy (non-hydrogen) atoms. The molecular weight excluding hydrogens is 661 g/mol. The van der Waals surface area contributed by atoms with Gasteiger partial charge in [-0.15, -0.1) is 0 Å². The summed E-state index contributed by atoms with van der Waals surface area (Å²) in [5.74, 6) is 0.222. The molecule has 6 rings (SSSR count). The minimum Gasteiger partial charge on any atom is -0.285 e. The third-order valence-electron chi connectivity index (χ3n) is 6.09. The molecule has 0 aromatic heterocycles. The molecule has 0 amide bonds. The number of halogens is 1. The van der Waals surface area contributed by atoms with Crippen molar-refractivity contribution in [2.45, 2.75) is 0 Å². The van der Waals surface area contributed by atoms with E-state index in [0.29, 0.717) is 0 Å². The Morgan fingerprint density at radius 3 is 0.571 bits per heavy atom. The summed E-state index contributed by atoms with van der Waals surface area (Å²) in [6.07, 6.45) is 0. The van der Waals surface area contributed by atoms with Gasteiger partial charge < -0.3 is 0 Å². The van der Waals surface area contributed by atoms with Crippen LogP contribution in [-0.2, 0) is 24.3 Å². The molecule has 0 aliphatic carbocycles. The summed E-state index contributed by atoms with van der Waals surface area (Å²) >= 11 is 4.32. The molecule has 0 saturated heterocycles. The van der Waals surface area contributed by atoms with Crippen LogP contribution in [0.25, 0.3) is 0 Å². The van der Waals surface area contributed by atoms with Crippen molar-refractivity contribution >= 4 is 65.0 Å². The van der Waals surface area contributed by atoms with Gasteiger partial charge in [-0.05, 0) is 59.3 Å². The summed E-state index contributed by atoms with van der Waals surface area (Å²) in [5, 5.41) is 8.39. The molecular formula is C37H31ClOP2Rh. The molecule has 1 radical (unpaired) electrons. The molecule has 0 aliphatic heterocycles. The molecule has 211 valence electrons. The SMILES string of the molecule is O=CCl.[Rh].c1ccc(P(c2ccccc2)c2ccccc2)cc1.c1ccc(P(c2ccccc2)c2ccccc2)cc1. The second-order valence-corrected chi connectivity index (χ2v) is 13.4. The second-order valence-electron chi connectivity index (χ2n) is 8.77. The van der Waals surface area contributed by atoms with Crippen molar-refractivity contribution in [1.29, 1.82) is 0 Å². The fraction of sp³-hybridized carbons (Fsp3) is 0. The smallest absolute Gasteiger partial charge is 0.208 e. The second kappa shape index (κ2) is 19.0. The van der Waals surface area contributed by atoms with Crippen LogP contribution in [0.5, 0.6) is 0 Å². The molecule has 0 bridgehead atoms. The molecule has 0 heterocycles. The zero-order valence-electron chi connectivity index (χ0n) is 22.9. The number of rotatable bonds is 6. The number of hydrogen-bond acceptors (Lipinski definition) is 1. The van der Waals surface area contributed by atoms with Crippen molar-refractivity contribution in [1.82, 2.24) is 0 Å². The molecule has 0 saturated carbocycles. The molecule has 0 fully saturated rings. The number of carbonyl (C=O) groups is 1. The first-order chi connectivity index (χ1) is 20.3. The van der Waals surface area contributed by atoms with E-state index in [4.69, 9.17) is 4.79 Å². The molecule has 0 atom stereocenters. The third-order valence-corrected chi connectivity index (χ3v) is 11.0. The summed E-state index contributed by atoms with van der Waals surface area (Å²) in [6.45, 7) is 0. The summed E-state index contributed by atoms with van der Waals surface area (Å²) in [5.41, 5.74) is 0. The van der Waals surface area contributed by atoms with Crippen molar-refractivity contribution in [2.24, 2.45) is 0 Å². The molecule has 0 spiro atoms. The average molecular weight is 692 g/mol. The third kappa shape index (κ3) is 9.94. The number of benzene rings is 6. The first-order valence-electron chi connectivity index (χ1n) is 13.3. The molecule has 6 aromatic carbocycles. The Bertz CT molecular complexity index is 1230. The monoisotopic (exact) mass is 691 g/mol. The van der Waals surface area contributed by atoms with E-state index < -0.39 is 15.8 Å². The van der Waals surface area contributed by atoms with Crippen molar-refractivity contribution in [3.8, 4) is 0 Å². The van der Waals surface area contributed by atoms with Gasteiger partial charge in [0.2, 0.25) is 5.75 Å². The van der Waals surface area contributed by atoms with Gasteiger partial charge in [-0.2, -0.15) is 0 Å². The summed E-state index contributed by atoms with van der Waals surface area (Å²) in [4.78, 5) is 8.57. The predicted octanol–water partition coefficient (Wildman–Crippen LogP) is 7.30. The Labute approximate surface area is 269 Å². The number of hydrogen-bond donors (Lipinski definition) is 0. The van der Waals surface area contributed by atoms with Crippen molar-refractivity contribution < 1.29 is 24.3 Å². The van der Waals surface area contributed by atoms with Crippen molar-refractivity contribution in [2.75, 3.05) is 0 Å². The predicted molar refractivity (Wildman–Crippen MR) is 183 cm³/mol.